The smallest absolute Gasteiger partial charge is 0.239 e. The van der Waals surface area contributed by atoms with Gasteiger partial charge in [0.15, 0.2) is 0 Å². The van der Waals surface area contributed by atoms with E-state index < -0.39 is 0 Å². The van der Waals surface area contributed by atoms with E-state index >= 15 is 0 Å². The van der Waals surface area contributed by atoms with Gasteiger partial charge in [0, 0.05) is 18.1 Å². The van der Waals surface area contributed by atoms with Crippen molar-refractivity contribution in [1.82, 2.24) is 9.97 Å². The molecule has 1 heterocycles. The third-order valence-corrected chi connectivity index (χ3v) is 2.52. The van der Waals surface area contributed by atoms with Crippen LogP contribution in [0.2, 0.25) is 10.0 Å². The Bertz CT molecular complexity index is 534. The van der Waals surface area contributed by atoms with Gasteiger partial charge in [-0.25, -0.2) is 0 Å². The molecule has 0 spiro atoms. The van der Waals surface area contributed by atoms with Crippen LogP contribution in [-0.4, -0.2) is 17.0 Å². The van der Waals surface area contributed by atoms with Gasteiger partial charge >= 0.3 is 0 Å². The summed E-state index contributed by atoms with van der Waals surface area (Å²) in [6.07, 6.45) is 3.09. The minimum Gasteiger partial charge on any atom is -0.436 e. The van der Waals surface area contributed by atoms with Crippen LogP contribution in [0.3, 0.4) is 0 Å². The number of rotatable bonds is 3. The lowest BCUT2D eigenvalue weighted by Crippen LogP contribution is -1.96. The van der Waals surface area contributed by atoms with E-state index in [1.54, 1.807) is 31.4 Å². The largest absolute Gasteiger partial charge is 0.436 e. The summed E-state index contributed by atoms with van der Waals surface area (Å²) < 4.78 is 5.50. The second-order valence-corrected chi connectivity index (χ2v) is 4.01. The van der Waals surface area contributed by atoms with Crippen LogP contribution >= 0.6 is 23.2 Å². The number of nitrogens with one attached hydrogen (secondary N) is 1. The molecule has 6 heteroatoms. The van der Waals surface area contributed by atoms with E-state index in [-0.39, 0.29) is 0 Å². The molecular weight excluding hydrogens is 261 g/mol. The maximum Gasteiger partial charge on any atom is 0.239 e. The Morgan fingerprint density at radius 3 is 2.82 bits per heavy atom. The maximum atomic E-state index is 5.97. The second kappa shape index (κ2) is 5.21. The molecule has 17 heavy (non-hydrogen) atoms. The van der Waals surface area contributed by atoms with Gasteiger partial charge in [-0.3, -0.25) is 4.98 Å². The van der Waals surface area contributed by atoms with E-state index in [1.807, 2.05) is 0 Å². The first-order chi connectivity index (χ1) is 8.19. The normalized spacial score (nSPS) is 10.1. The molecule has 0 amide bonds. The summed E-state index contributed by atoms with van der Waals surface area (Å²) in [7, 11) is 1.75. The van der Waals surface area contributed by atoms with Gasteiger partial charge < -0.3 is 10.1 Å². The molecule has 0 saturated heterocycles. The van der Waals surface area contributed by atoms with Crippen LogP contribution in [0.4, 0.5) is 5.82 Å². The van der Waals surface area contributed by atoms with Crippen molar-refractivity contribution in [3.8, 4) is 11.6 Å². The second-order valence-electron chi connectivity index (χ2n) is 3.17. The van der Waals surface area contributed by atoms with Gasteiger partial charge in [-0.2, -0.15) is 4.98 Å². The Morgan fingerprint density at radius 2 is 2.06 bits per heavy atom. The van der Waals surface area contributed by atoms with Crippen LogP contribution in [0.5, 0.6) is 11.6 Å². The van der Waals surface area contributed by atoms with Gasteiger partial charge in [0.2, 0.25) is 5.88 Å². The first-order valence-corrected chi connectivity index (χ1v) is 5.57. The molecule has 0 unspecified atom stereocenters. The minimum atomic E-state index is 0.348. The molecule has 4 nitrogen and oxygen atoms in total. The first-order valence-electron chi connectivity index (χ1n) is 4.82. The predicted octanol–water partition coefficient (Wildman–Crippen LogP) is 3.62. The van der Waals surface area contributed by atoms with E-state index in [4.69, 9.17) is 27.9 Å². The highest BCUT2D eigenvalue weighted by Gasteiger charge is 2.06. The SMILES string of the molecule is CNc1cncc(Oc2cc(Cl)ccc2Cl)n1. The summed E-state index contributed by atoms with van der Waals surface area (Å²) in [5.74, 6) is 1.41. The van der Waals surface area contributed by atoms with Crippen molar-refractivity contribution >= 4 is 29.0 Å². The molecule has 0 aliphatic heterocycles. The lowest BCUT2D eigenvalue weighted by atomic mass is 10.3. The zero-order valence-corrected chi connectivity index (χ0v) is 10.5. The van der Waals surface area contributed by atoms with Crippen molar-refractivity contribution in [2.75, 3.05) is 12.4 Å². The molecule has 1 N–H and O–H groups in total. The monoisotopic (exact) mass is 269 g/mol. The summed E-state index contributed by atoms with van der Waals surface area (Å²) in [5.41, 5.74) is 0. The number of ether oxygens (including phenoxy) is 1. The van der Waals surface area contributed by atoms with Gasteiger partial charge in [-0.05, 0) is 12.1 Å². The fourth-order valence-electron chi connectivity index (χ4n) is 1.19. The predicted molar refractivity (Wildman–Crippen MR) is 68.1 cm³/mol. The average Bonchev–Trinajstić information content (AvgIpc) is 2.34. The number of benzene rings is 1. The fourth-order valence-corrected chi connectivity index (χ4v) is 1.50. The number of aromatic nitrogens is 2. The van der Waals surface area contributed by atoms with Crippen molar-refractivity contribution in [3.05, 3.63) is 40.6 Å². The average molecular weight is 270 g/mol. The Morgan fingerprint density at radius 1 is 1.24 bits per heavy atom. The van der Waals surface area contributed by atoms with Crippen LogP contribution in [0.1, 0.15) is 0 Å². The summed E-state index contributed by atoms with van der Waals surface area (Å²) >= 11 is 11.8. The summed E-state index contributed by atoms with van der Waals surface area (Å²) in [6, 6.07) is 4.97. The van der Waals surface area contributed by atoms with Crippen molar-refractivity contribution < 1.29 is 4.74 Å². The van der Waals surface area contributed by atoms with Gasteiger partial charge in [-0.15, -0.1) is 0 Å². The highest BCUT2D eigenvalue weighted by Crippen LogP contribution is 2.31. The number of anilines is 1. The molecule has 1 aromatic carbocycles. The molecule has 0 bridgehead atoms. The van der Waals surface area contributed by atoms with Crippen LogP contribution in [-0.2, 0) is 0 Å². The molecule has 2 aromatic rings. The molecule has 0 aliphatic rings. The Labute approximate surface area is 109 Å². The quantitative estimate of drug-likeness (QED) is 0.925. The summed E-state index contributed by atoms with van der Waals surface area (Å²) in [5, 5.41) is 3.87. The van der Waals surface area contributed by atoms with Gasteiger partial charge in [-0.1, -0.05) is 23.2 Å². The highest BCUT2D eigenvalue weighted by molar-refractivity contribution is 6.34. The lowest BCUT2D eigenvalue weighted by Gasteiger charge is -2.07. The molecule has 0 saturated carbocycles. The first kappa shape index (κ1) is 12.0. The standard InChI is InChI=1S/C11H9Cl2N3O/c1-14-10-5-15-6-11(16-10)17-9-4-7(12)2-3-8(9)13/h2-6H,1H3,(H,14,16). The van der Waals surface area contributed by atoms with E-state index in [1.165, 1.54) is 6.20 Å². The van der Waals surface area contributed by atoms with Crippen LogP contribution in [0, 0.1) is 0 Å². The van der Waals surface area contributed by atoms with Crippen LogP contribution < -0.4 is 10.1 Å². The molecule has 0 radical (unpaired) electrons. The van der Waals surface area contributed by atoms with Gasteiger partial charge in [0.25, 0.3) is 0 Å². The molecule has 0 aliphatic carbocycles. The van der Waals surface area contributed by atoms with E-state index in [0.717, 1.165) is 0 Å². The van der Waals surface area contributed by atoms with Crippen molar-refractivity contribution in [1.29, 1.82) is 0 Å². The zero-order chi connectivity index (χ0) is 12.3. The third-order valence-electron chi connectivity index (χ3n) is 1.98. The van der Waals surface area contributed by atoms with Crippen molar-refractivity contribution in [2.45, 2.75) is 0 Å². The minimum absolute atomic E-state index is 0.348. The van der Waals surface area contributed by atoms with Crippen molar-refractivity contribution in [2.24, 2.45) is 0 Å². The van der Waals surface area contributed by atoms with Crippen molar-refractivity contribution in [3.63, 3.8) is 0 Å². The number of nitrogens with zero attached hydrogens (tertiary/aromatic N) is 2. The summed E-state index contributed by atoms with van der Waals surface area (Å²) in [4.78, 5) is 8.14. The topological polar surface area (TPSA) is 47.0 Å². The molecular formula is C11H9Cl2N3O. The molecule has 1 aromatic heterocycles. The van der Waals surface area contributed by atoms with E-state index in [0.29, 0.717) is 27.5 Å². The zero-order valence-electron chi connectivity index (χ0n) is 8.95. The van der Waals surface area contributed by atoms with E-state index in [2.05, 4.69) is 15.3 Å². The molecule has 88 valence electrons. The molecule has 0 atom stereocenters. The highest BCUT2D eigenvalue weighted by atomic mass is 35.5. The number of hydrogen-bond donors (Lipinski definition) is 1. The van der Waals surface area contributed by atoms with Gasteiger partial charge in [0.05, 0.1) is 17.4 Å². The summed E-state index contributed by atoms with van der Waals surface area (Å²) in [6.45, 7) is 0. The molecule has 2 rings (SSSR count). The van der Waals surface area contributed by atoms with Crippen LogP contribution in [0.15, 0.2) is 30.6 Å². The lowest BCUT2D eigenvalue weighted by molar-refractivity contribution is 0.461. The fraction of sp³-hybridized carbons (Fsp3) is 0.0909. The molecule has 0 fully saturated rings. The number of halogens is 2. The maximum absolute atomic E-state index is 5.97. The Kier molecular flexibility index (Phi) is 3.66. The Hall–Kier alpha value is -1.52. The Balaban J connectivity index is 2.27. The number of hydrogen-bond acceptors (Lipinski definition) is 4. The van der Waals surface area contributed by atoms with Gasteiger partial charge in [0.1, 0.15) is 11.6 Å². The van der Waals surface area contributed by atoms with Crippen LogP contribution in [0.25, 0.3) is 0 Å². The van der Waals surface area contributed by atoms with E-state index in [9.17, 15) is 0 Å². The third kappa shape index (κ3) is 2.99.